The molecule has 0 spiro atoms. The van der Waals surface area contributed by atoms with Crippen molar-refractivity contribution in [2.75, 3.05) is 0 Å². The Kier molecular flexibility index (Phi) is 4.91. The van der Waals surface area contributed by atoms with Gasteiger partial charge < -0.3 is 0 Å². The molecular formula is C21H20AsFN2OS. The fourth-order valence-corrected chi connectivity index (χ4v) is 6.53. The molecule has 0 saturated carbocycles. The quantitative estimate of drug-likeness (QED) is 0.375. The number of nitrogens with one attached hydrogen (secondary N) is 1. The number of aromatic nitrogens is 2. The maximum absolute atomic E-state index is 14.1. The number of benzene rings is 1. The number of hydrogen-bond donors (Lipinski definition) is 1. The third kappa shape index (κ3) is 3.35. The molecule has 0 aliphatic heterocycles. The predicted octanol–water partition coefficient (Wildman–Crippen LogP) is 4.47. The maximum atomic E-state index is 14.1. The van der Waals surface area contributed by atoms with Crippen molar-refractivity contribution in [1.29, 1.82) is 0 Å². The Morgan fingerprint density at radius 1 is 1.19 bits per heavy atom. The second kappa shape index (κ2) is 7.21. The Hall–Kier alpha value is -1.97. The first kappa shape index (κ1) is 18.4. The van der Waals surface area contributed by atoms with Crippen molar-refractivity contribution in [2.24, 2.45) is 5.92 Å². The Bertz CT molecular complexity index is 1180. The van der Waals surface area contributed by atoms with Crippen LogP contribution in [0.15, 0.2) is 46.0 Å². The van der Waals surface area contributed by atoms with Gasteiger partial charge in [-0.15, -0.1) is 0 Å². The van der Waals surface area contributed by atoms with E-state index in [1.807, 2.05) is 16.8 Å². The third-order valence-corrected chi connectivity index (χ3v) is 9.40. The summed E-state index contributed by atoms with van der Waals surface area (Å²) < 4.78 is 15.7. The van der Waals surface area contributed by atoms with E-state index in [0.717, 1.165) is 21.0 Å². The molecule has 1 unspecified atom stereocenters. The first-order chi connectivity index (χ1) is 13.0. The zero-order valence-electron chi connectivity index (χ0n) is 15.3. The van der Waals surface area contributed by atoms with Crippen LogP contribution in [0.5, 0.6) is 0 Å². The Labute approximate surface area is 167 Å². The van der Waals surface area contributed by atoms with Gasteiger partial charge in [-0.1, -0.05) is 0 Å². The first-order valence-corrected chi connectivity index (χ1v) is 12.1. The molecule has 0 amide bonds. The minimum atomic E-state index is -0.547. The molecule has 27 heavy (non-hydrogen) atoms. The molecule has 0 saturated heterocycles. The number of thiophene rings is 1. The van der Waals surface area contributed by atoms with Crippen molar-refractivity contribution < 1.29 is 4.39 Å². The van der Waals surface area contributed by atoms with Crippen molar-refractivity contribution in [2.45, 2.75) is 25.5 Å². The van der Waals surface area contributed by atoms with E-state index >= 15 is 0 Å². The summed E-state index contributed by atoms with van der Waals surface area (Å²) >= 11 is 1.05. The standard InChI is InChI=1S/C21H20AsFN2OS/c1-11(2)12(3)22-20-15-5-4-14(23)8-16(15)18-19(25-20)17(9-24-21(18)26)13-6-7-27-10-13/h4-12,22H,1-3H3,(H,24,26)/t12-/m1/s1. The number of hydrogen-bond acceptors (Lipinski definition) is 3. The van der Waals surface area contributed by atoms with Gasteiger partial charge in [0, 0.05) is 0 Å². The summed E-state index contributed by atoms with van der Waals surface area (Å²) in [5.74, 6) is 0.228. The summed E-state index contributed by atoms with van der Waals surface area (Å²) in [6.07, 6.45) is 1.72. The number of H-pyrrole nitrogens is 1. The molecule has 0 aliphatic rings. The van der Waals surface area contributed by atoms with Gasteiger partial charge in [-0.25, -0.2) is 0 Å². The molecule has 0 bridgehead atoms. The Balaban J connectivity index is 2.11. The van der Waals surface area contributed by atoms with Gasteiger partial charge >= 0.3 is 168 Å². The summed E-state index contributed by atoms with van der Waals surface area (Å²) in [5.41, 5.74) is 2.36. The van der Waals surface area contributed by atoms with Gasteiger partial charge in [0.15, 0.2) is 0 Å². The van der Waals surface area contributed by atoms with Crippen LogP contribution >= 0.6 is 11.3 Å². The summed E-state index contributed by atoms with van der Waals surface area (Å²) in [7, 11) is 0. The average Bonchev–Trinajstić information content (AvgIpc) is 3.15. The summed E-state index contributed by atoms with van der Waals surface area (Å²) in [6.45, 7) is 6.70. The fourth-order valence-electron chi connectivity index (χ4n) is 3.12. The molecule has 3 heterocycles. The topological polar surface area (TPSA) is 45.8 Å². The van der Waals surface area contributed by atoms with Crippen LogP contribution in [-0.4, -0.2) is 25.7 Å². The fraction of sp³-hybridized carbons (Fsp3) is 0.238. The molecule has 4 rings (SSSR count). The van der Waals surface area contributed by atoms with E-state index in [2.05, 4.69) is 25.8 Å². The number of halogens is 1. The van der Waals surface area contributed by atoms with E-state index in [0.29, 0.717) is 26.9 Å². The summed E-state index contributed by atoms with van der Waals surface area (Å²) in [4.78, 5) is 20.5. The average molecular weight is 442 g/mol. The van der Waals surface area contributed by atoms with E-state index in [1.54, 1.807) is 23.6 Å². The molecule has 138 valence electrons. The van der Waals surface area contributed by atoms with Crippen LogP contribution in [0.3, 0.4) is 0 Å². The SMILES string of the molecule is CC(C)[C@@H](C)[AsH]c1nc2c(-c3ccsc3)c[nH]c(=O)c2c2cc(F)ccc12. The molecule has 1 aromatic carbocycles. The molecular weight excluding hydrogens is 422 g/mol. The van der Waals surface area contributed by atoms with Crippen LogP contribution in [-0.2, 0) is 0 Å². The summed E-state index contributed by atoms with van der Waals surface area (Å²) in [6, 6.07) is 6.73. The monoisotopic (exact) mass is 442 g/mol. The predicted molar refractivity (Wildman–Crippen MR) is 114 cm³/mol. The molecule has 3 nitrogen and oxygen atoms in total. The molecule has 3 aromatic heterocycles. The molecule has 0 aliphatic carbocycles. The Morgan fingerprint density at radius 2 is 2.00 bits per heavy atom. The van der Waals surface area contributed by atoms with Crippen molar-refractivity contribution in [3.8, 4) is 11.1 Å². The zero-order valence-corrected chi connectivity index (χ0v) is 18.3. The molecule has 1 N–H and O–H groups in total. The molecule has 6 heteroatoms. The van der Waals surface area contributed by atoms with Crippen LogP contribution in [0.1, 0.15) is 20.8 Å². The van der Waals surface area contributed by atoms with E-state index in [4.69, 9.17) is 4.98 Å². The van der Waals surface area contributed by atoms with Crippen LogP contribution in [0, 0.1) is 11.7 Å². The van der Waals surface area contributed by atoms with Crippen LogP contribution < -0.4 is 10.0 Å². The molecule has 0 fully saturated rings. The van der Waals surface area contributed by atoms with E-state index < -0.39 is 15.8 Å². The van der Waals surface area contributed by atoms with Crippen LogP contribution in [0.25, 0.3) is 32.8 Å². The number of fused-ring (bicyclic) bond motifs is 3. The van der Waals surface area contributed by atoms with Gasteiger partial charge in [0.2, 0.25) is 0 Å². The van der Waals surface area contributed by atoms with Gasteiger partial charge in [0.05, 0.1) is 0 Å². The zero-order chi connectivity index (χ0) is 19.1. The molecule has 0 radical (unpaired) electrons. The van der Waals surface area contributed by atoms with Crippen molar-refractivity contribution in [3.05, 3.63) is 57.4 Å². The van der Waals surface area contributed by atoms with Gasteiger partial charge in [-0.2, -0.15) is 0 Å². The molecule has 4 aromatic rings. The second-order valence-corrected chi connectivity index (χ2v) is 11.4. The van der Waals surface area contributed by atoms with Gasteiger partial charge in [0.1, 0.15) is 0 Å². The van der Waals surface area contributed by atoms with Crippen molar-refractivity contribution >= 4 is 53.2 Å². The second-order valence-electron chi connectivity index (χ2n) is 7.09. The van der Waals surface area contributed by atoms with Crippen molar-refractivity contribution in [3.63, 3.8) is 0 Å². The summed E-state index contributed by atoms with van der Waals surface area (Å²) in [5, 5.41) is 6.08. The van der Waals surface area contributed by atoms with Gasteiger partial charge in [-0.3, -0.25) is 0 Å². The van der Waals surface area contributed by atoms with Crippen LogP contribution in [0.2, 0.25) is 4.71 Å². The van der Waals surface area contributed by atoms with Crippen molar-refractivity contribution in [1.82, 2.24) is 9.97 Å². The number of nitrogens with zero attached hydrogens (tertiary/aromatic N) is 1. The third-order valence-electron chi connectivity index (χ3n) is 4.99. The Morgan fingerprint density at radius 3 is 2.70 bits per heavy atom. The number of pyridine rings is 2. The van der Waals surface area contributed by atoms with Gasteiger partial charge in [0.25, 0.3) is 0 Å². The van der Waals surface area contributed by atoms with E-state index in [-0.39, 0.29) is 11.4 Å². The van der Waals surface area contributed by atoms with Crippen LogP contribution in [0.4, 0.5) is 4.39 Å². The number of aromatic amines is 1. The molecule has 2 atom stereocenters. The normalized spacial score (nSPS) is 13.4. The first-order valence-electron chi connectivity index (χ1n) is 8.89. The minimum absolute atomic E-state index is 0.226. The number of rotatable bonds is 4. The van der Waals surface area contributed by atoms with E-state index in [9.17, 15) is 9.18 Å². The van der Waals surface area contributed by atoms with Gasteiger partial charge in [-0.05, 0) is 0 Å². The van der Waals surface area contributed by atoms with E-state index in [1.165, 1.54) is 12.1 Å².